The molecule has 0 fully saturated rings. The maximum Gasteiger partial charge on any atom is 0.101 e. The van der Waals surface area contributed by atoms with Gasteiger partial charge in [-0.25, -0.2) is 19.6 Å². The van der Waals surface area contributed by atoms with Crippen LogP contribution < -0.4 is 0 Å². The van der Waals surface area contributed by atoms with Gasteiger partial charge >= 0.3 is 0 Å². The average molecular weight is 346 g/mol. The summed E-state index contributed by atoms with van der Waals surface area (Å²) in [6.45, 7) is 22.4. The first-order chi connectivity index (χ1) is 10.5. The zero-order valence-electron chi connectivity index (χ0n) is 18.0. The second-order valence-corrected chi connectivity index (χ2v) is 9.97. The van der Waals surface area contributed by atoms with Gasteiger partial charge < -0.3 is 0 Å². The molecule has 145 valence electrons. The first-order valence-corrected chi connectivity index (χ1v) is 9.06. The standard InChI is InChI=1S/C20H41O4/c1-16(2)12-13-20(11,24-22-18(6,7)8)15-14-19(9,10)23-21-17(3,4)5/h12-15H2,1-11H3. The molecule has 24 heavy (non-hydrogen) atoms. The van der Waals surface area contributed by atoms with Crippen LogP contribution in [0.4, 0.5) is 0 Å². The lowest BCUT2D eigenvalue weighted by Crippen LogP contribution is -2.37. The molecule has 0 N–H and O–H groups in total. The monoisotopic (exact) mass is 345 g/mol. The second-order valence-electron chi connectivity index (χ2n) is 9.97. The minimum Gasteiger partial charge on any atom is -0.230 e. The van der Waals surface area contributed by atoms with E-state index in [-0.39, 0.29) is 22.4 Å². The van der Waals surface area contributed by atoms with Gasteiger partial charge in [0.2, 0.25) is 0 Å². The second kappa shape index (κ2) is 8.98. The molecule has 0 aromatic rings. The molecule has 4 heteroatoms. The normalized spacial score (nSPS) is 16.5. The lowest BCUT2D eigenvalue weighted by atomic mass is 9.87. The molecule has 0 amide bonds. The fraction of sp³-hybridized carbons (Fsp3) is 0.950. The predicted octanol–water partition coefficient (Wildman–Crippen LogP) is 6.19. The lowest BCUT2D eigenvalue weighted by molar-refractivity contribution is -0.413. The third-order valence-corrected chi connectivity index (χ3v) is 3.42. The first kappa shape index (κ1) is 23.8. The van der Waals surface area contributed by atoms with Crippen molar-refractivity contribution in [3.05, 3.63) is 5.92 Å². The predicted molar refractivity (Wildman–Crippen MR) is 99.4 cm³/mol. The molecule has 0 aromatic carbocycles. The van der Waals surface area contributed by atoms with Crippen molar-refractivity contribution in [2.24, 2.45) is 0 Å². The molecule has 4 nitrogen and oxygen atoms in total. The summed E-state index contributed by atoms with van der Waals surface area (Å²) in [4.78, 5) is 22.7. The molecule has 0 saturated carbocycles. The van der Waals surface area contributed by atoms with E-state index in [2.05, 4.69) is 20.8 Å². The Bertz CT molecular complexity index is 350. The molecule has 0 aliphatic carbocycles. The highest BCUT2D eigenvalue weighted by atomic mass is 17.2. The van der Waals surface area contributed by atoms with Crippen LogP contribution in [0.1, 0.15) is 102 Å². The van der Waals surface area contributed by atoms with Crippen LogP contribution in [0.25, 0.3) is 0 Å². The molecule has 1 atom stereocenters. The Hall–Kier alpha value is -0.160. The molecule has 0 spiro atoms. The summed E-state index contributed by atoms with van der Waals surface area (Å²) in [5.41, 5.74) is -1.38. The molecule has 0 bridgehead atoms. The summed E-state index contributed by atoms with van der Waals surface area (Å²) >= 11 is 0. The van der Waals surface area contributed by atoms with Gasteiger partial charge in [-0.3, -0.25) is 0 Å². The maximum absolute atomic E-state index is 5.88. The van der Waals surface area contributed by atoms with Crippen LogP contribution in [0.3, 0.4) is 0 Å². The average Bonchev–Trinajstić information content (AvgIpc) is 2.38. The van der Waals surface area contributed by atoms with Crippen molar-refractivity contribution in [3.8, 4) is 0 Å². The molecule has 0 saturated heterocycles. The van der Waals surface area contributed by atoms with Gasteiger partial charge in [-0.1, -0.05) is 13.8 Å². The number of rotatable bonds is 10. The van der Waals surface area contributed by atoms with E-state index < -0.39 is 0 Å². The van der Waals surface area contributed by atoms with E-state index in [9.17, 15) is 0 Å². The third-order valence-electron chi connectivity index (χ3n) is 3.42. The van der Waals surface area contributed by atoms with E-state index in [0.717, 1.165) is 25.7 Å². The van der Waals surface area contributed by atoms with Gasteiger partial charge in [0.25, 0.3) is 0 Å². The van der Waals surface area contributed by atoms with E-state index in [1.165, 1.54) is 5.92 Å². The topological polar surface area (TPSA) is 36.9 Å². The summed E-state index contributed by atoms with van der Waals surface area (Å²) in [5, 5.41) is 0. The molecule has 0 rings (SSSR count). The molecule has 0 aliphatic rings. The maximum atomic E-state index is 5.88. The van der Waals surface area contributed by atoms with Crippen LogP contribution in [0.5, 0.6) is 0 Å². The van der Waals surface area contributed by atoms with Gasteiger partial charge in [0.05, 0.1) is 16.8 Å². The van der Waals surface area contributed by atoms with Gasteiger partial charge in [0, 0.05) is 0 Å². The van der Waals surface area contributed by atoms with Crippen molar-refractivity contribution in [2.45, 2.75) is 124 Å². The van der Waals surface area contributed by atoms with Crippen molar-refractivity contribution in [1.82, 2.24) is 0 Å². The highest BCUT2D eigenvalue weighted by molar-refractivity contribution is 4.85. The molecule has 0 aliphatic heterocycles. The molecular weight excluding hydrogens is 304 g/mol. The largest absolute Gasteiger partial charge is 0.230 e. The summed E-state index contributed by atoms with van der Waals surface area (Å²) < 4.78 is 0. The van der Waals surface area contributed by atoms with Crippen molar-refractivity contribution in [3.63, 3.8) is 0 Å². The molecule has 1 unspecified atom stereocenters. The number of hydrogen-bond donors (Lipinski definition) is 0. The van der Waals surface area contributed by atoms with Crippen LogP contribution in [-0.4, -0.2) is 22.4 Å². The van der Waals surface area contributed by atoms with Crippen LogP contribution in [0.2, 0.25) is 0 Å². The third kappa shape index (κ3) is 13.2. The zero-order chi connectivity index (χ0) is 19.2. The Balaban J connectivity index is 4.73. The van der Waals surface area contributed by atoms with E-state index in [1.807, 2.05) is 55.4 Å². The van der Waals surface area contributed by atoms with Gasteiger partial charge in [-0.05, 0) is 93.9 Å². The Morgan fingerprint density at radius 2 is 1.04 bits per heavy atom. The summed E-state index contributed by atoms with van der Waals surface area (Å²) in [7, 11) is 0. The highest BCUT2D eigenvalue weighted by Crippen LogP contribution is 2.32. The Morgan fingerprint density at radius 3 is 1.46 bits per heavy atom. The minimum absolute atomic E-state index is 0.319. The summed E-state index contributed by atoms with van der Waals surface area (Å²) in [5.74, 6) is 1.40. The fourth-order valence-electron chi connectivity index (χ4n) is 1.79. The quantitative estimate of drug-likeness (QED) is 0.349. The smallest absolute Gasteiger partial charge is 0.101 e. The summed E-state index contributed by atoms with van der Waals surface area (Å²) in [6, 6.07) is 0. The Morgan fingerprint density at radius 1 is 0.583 bits per heavy atom. The van der Waals surface area contributed by atoms with Gasteiger partial charge in [-0.15, -0.1) is 0 Å². The molecule has 0 aromatic heterocycles. The zero-order valence-corrected chi connectivity index (χ0v) is 18.0. The molecular formula is C20H41O4. The van der Waals surface area contributed by atoms with Gasteiger partial charge in [-0.2, -0.15) is 0 Å². The van der Waals surface area contributed by atoms with Crippen LogP contribution in [0.15, 0.2) is 0 Å². The fourth-order valence-corrected chi connectivity index (χ4v) is 1.79. The highest BCUT2D eigenvalue weighted by Gasteiger charge is 2.33. The van der Waals surface area contributed by atoms with Crippen LogP contribution in [-0.2, 0) is 19.6 Å². The first-order valence-electron chi connectivity index (χ1n) is 9.06. The van der Waals surface area contributed by atoms with E-state index in [1.54, 1.807) is 0 Å². The van der Waals surface area contributed by atoms with E-state index >= 15 is 0 Å². The summed E-state index contributed by atoms with van der Waals surface area (Å²) in [6.07, 6.45) is 3.58. The van der Waals surface area contributed by atoms with Crippen molar-refractivity contribution >= 4 is 0 Å². The van der Waals surface area contributed by atoms with Crippen molar-refractivity contribution in [1.29, 1.82) is 0 Å². The Kier molecular flexibility index (Phi) is 8.92. The molecule has 1 radical (unpaired) electrons. The SMILES string of the molecule is C[C](C)CCC(C)(CCC(C)(C)OOC(C)(C)C)OOC(C)(C)C. The van der Waals surface area contributed by atoms with Gasteiger partial charge in [0.1, 0.15) is 5.60 Å². The van der Waals surface area contributed by atoms with Crippen molar-refractivity contribution < 1.29 is 19.6 Å². The minimum atomic E-state index is -0.384. The van der Waals surface area contributed by atoms with Gasteiger partial charge in [0.15, 0.2) is 0 Å². The van der Waals surface area contributed by atoms with E-state index in [0.29, 0.717) is 0 Å². The van der Waals surface area contributed by atoms with Crippen LogP contribution >= 0.6 is 0 Å². The Labute approximate surface area is 150 Å². The lowest BCUT2D eigenvalue weighted by Gasteiger charge is -2.35. The molecule has 0 heterocycles. The van der Waals surface area contributed by atoms with Crippen molar-refractivity contribution in [2.75, 3.05) is 0 Å². The number of hydrogen-bond acceptors (Lipinski definition) is 4. The van der Waals surface area contributed by atoms with Crippen LogP contribution in [0, 0.1) is 5.92 Å². The van der Waals surface area contributed by atoms with E-state index in [4.69, 9.17) is 19.6 Å².